The van der Waals surface area contributed by atoms with Crippen LogP contribution in [0, 0.1) is 46.3 Å². The zero-order chi connectivity index (χ0) is 21.9. The maximum absolute atomic E-state index is 11.3. The molecule has 6 heteroatoms. The second kappa shape index (κ2) is 8.00. The van der Waals surface area contributed by atoms with Crippen LogP contribution in [-0.4, -0.2) is 41.1 Å². The minimum Gasteiger partial charge on any atom is -0.393 e. The lowest BCUT2D eigenvalue weighted by Gasteiger charge is -2.62. The Bertz CT molecular complexity index is 738. The van der Waals surface area contributed by atoms with Gasteiger partial charge in [0.05, 0.1) is 18.0 Å². The summed E-state index contributed by atoms with van der Waals surface area (Å²) in [6.07, 6.45) is 9.31. The average molecular weight is 443 g/mol. The number of aliphatic hydroxyl groups is 2. The van der Waals surface area contributed by atoms with Gasteiger partial charge in [0, 0.05) is 0 Å². The van der Waals surface area contributed by atoms with Crippen LogP contribution in [0.2, 0.25) is 0 Å². The molecular formula is C24H42O5S. The van der Waals surface area contributed by atoms with Crippen molar-refractivity contribution < 1.29 is 23.2 Å². The lowest BCUT2D eigenvalue weighted by Crippen LogP contribution is -2.58. The van der Waals surface area contributed by atoms with Gasteiger partial charge in [0.1, 0.15) is 0 Å². The van der Waals surface area contributed by atoms with E-state index in [1.807, 2.05) is 0 Å². The molecule has 4 saturated carbocycles. The minimum absolute atomic E-state index is 0.140. The maximum Gasteiger partial charge on any atom is 0.264 e. The smallest absolute Gasteiger partial charge is 0.264 e. The Balaban J connectivity index is 1.50. The van der Waals surface area contributed by atoms with Gasteiger partial charge in [0.2, 0.25) is 0 Å². The van der Waals surface area contributed by atoms with E-state index in [9.17, 15) is 18.6 Å². The molecule has 4 aliphatic rings. The highest BCUT2D eigenvalue weighted by Crippen LogP contribution is 2.68. The predicted molar refractivity (Wildman–Crippen MR) is 117 cm³/mol. The van der Waals surface area contributed by atoms with E-state index in [4.69, 9.17) is 4.55 Å². The third-order valence-electron chi connectivity index (χ3n) is 10.5. The fraction of sp³-hybridized carbons (Fsp3) is 1.00. The van der Waals surface area contributed by atoms with Crippen molar-refractivity contribution >= 4 is 10.1 Å². The molecule has 0 saturated heterocycles. The summed E-state index contributed by atoms with van der Waals surface area (Å²) in [4.78, 5) is 0. The molecule has 0 spiro atoms. The Morgan fingerprint density at radius 1 is 0.967 bits per heavy atom. The zero-order valence-corrected chi connectivity index (χ0v) is 19.8. The van der Waals surface area contributed by atoms with Crippen LogP contribution in [0.5, 0.6) is 0 Å². The molecule has 4 fully saturated rings. The van der Waals surface area contributed by atoms with E-state index < -0.39 is 10.1 Å². The van der Waals surface area contributed by atoms with Crippen LogP contribution in [0.25, 0.3) is 0 Å². The first-order chi connectivity index (χ1) is 14.0. The van der Waals surface area contributed by atoms with Gasteiger partial charge in [0.25, 0.3) is 10.1 Å². The van der Waals surface area contributed by atoms with Gasteiger partial charge in [0.15, 0.2) is 0 Å². The molecule has 0 heterocycles. The summed E-state index contributed by atoms with van der Waals surface area (Å²) in [7, 11) is -3.88. The second-order valence-corrected chi connectivity index (χ2v) is 13.4. The molecule has 5 unspecified atom stereocenters. The van der Waals surface area contributed by atoms with E-state index in [0.29, 0.717) is 41.9 Å². The van der Waals surface area contributed by atoms with Crippen LogP contribution in [0.3, 0.4) is 0 Å². The van der Waals surface area contributed by atoms with Gasteiger partial charge < -0.3 is 10.2 Å². The topological polar surface area (TPSA) is 94.8 Å². The number of fused-ring (bicyclic) bond motifs is 5. The largest absolute Gasteiger partial charge is 0.393 e. The van der Waals surface area contributed by atoms with Gasteiger partial charge in [-0.1, -0.05) is 20.8 Å². The van der Waals surface area contributed by atoms with E-state index in [1.165, 1.54) is 25.7 Å². The molecule has 4 rings (SSSR count). The highest BCUT2D eigenvalue weighted by Gasteiger charge is 2.62. The molecule has 0 aromatic carbocycles. The number of hydrogen-bond acceptors (Lipinski definition) is 4. The van der Waals surface area contributed by atoms with Crippen molar-refractivity contribution in [2.75, 3.05) is 5.75 Å². The quantitative estimate of drug-likeness (QED) is 0.552. The Kier molecular flexibility index (Phi) is 6.13. The van der Waals surface area contributed by atoms with Crippen LogP contribution >= 0.6 is 0 Å². The van der Waals surface area contributed by atoms with E-state index in [0.717, 1.165) is 32.1 Å². The molecule has 0 aromatic heterocycles. The summed E-state index contributed by atoms with van der Waals surface area (Å²) >= 11 is 0. The van der Waals surface area contributed by atoms with Crippen LogP contribution in [0.1, 0.15) is 85.0 Å². The van der Waals surface area contributed by atoms with Crippen molar-refractivity contribution in [3.8, 4) is 0 Å². The Hall–Kier alpha value is -0.170. The Morgan fingerprint density at radius 2 is 1.63 bits per heavy atom. The van der Waals surface area contributed by atoms with Crippen LogP contribution < -0.4 is 0 Å². The van der Waals surface area contributed by atoms with Crippen molar-refractivity contribution in [2.24, 2.45) is 46.3 Å². The van der Waals surface area contributed by atoms with Gasteiger partial charge in [-0.2, -0.15) is 8.42 Å². The third kappa shape index (κ3) is 3.88. The Morgan fingerprint density at radius 3 is 2.33 bits per heavy atom. The summed E-state index contributed by atoms with van der Waals surface area (Å²) in [5, 5.41) is 21.5. The number of rotatable bonds is 5. The van der Waals surface area contributed by atoms with Gasteiger partial charge in [-0.05, 0) is 111 Å². The van der Waals surface area contributed by atoms with Crippen LogP contribution in [-0.2, 0) is 10.1 Å². The highest BCUT2D eigenvalue weighted by atomic mass is 32.2. The minimum atomic E-state index is -3.88. The van der Waals surface area contributed by atoms with Gasteiger partial charge in [-0.25, -0.2) is 0 Å². The first kappa shape index (κ1) is 23.0. The number of aliphatic hydroxyl groups excluding tert-OH is 2. The monoisotopic (exact) mass is 442 g/mol. The van der Waals surface area contributed by atoms with E-state index in [-0.39, 0.29) is 28.8 Å². The highest BCUT2D eigenvalue weighted by molar-refractivity contribution is 7.85. The average Bonchev–Trinajstić information content (AvgIpc) is 2.99. The van der Waals surface area contributed by atoms with Crippen molar-refractivity contribution in [2.45, 2.75) is 97.2 Å². The summed E-state index contributed by atoms with van der Waals surface area (Å²) in [5.41, 5.74) is 0.473. The summed E-state index contributed by atoms with van der Waals surface area (Å²) < 4.78 is 31.2. The molecule has 0 radical (unpaired) electrons. The van der Waals surface area contributed by atoms with E-state index in [1.54, 1.807) is 0 Å². The van der Waals surface area contributed by atoms with Gasteiger partial charge >= 0.3 is 0 Å². The first-order valence-electron chi connectivity index (χ1n) is 12.3. The summed E-state index contributed by atoms with van der Waals surface area (Å²) in [5.74, 6) is 2.78. The SMILES string of the molecule is C[C@H](CCCS(=O)(=O)O)C1CCC2C3C(CC[C@@]21C)[C@@]1(C)CC[C@@H](O)CC1C[C@H]3O. The molecule has 0 amide bonds. The van der Waals surface area contributed by atoms with Crippen LogP contribution in [0.15, 0.2) is 0 Å². The van der Waals surface area contributed by atoms with Gasteiger partial charge in [-0.15, -0.1) is 0 Å². The molecule has 5 nitrogen and oxygen atoms in total. The normalized spacial score (nSPS) is 49.7. The third-order valence-corrected chi connectivity index (χ3v) is 11.3. The molecule has 10 atom stereocenters. The zero-order valence-electron chi connectivity index (χ0n) is 19.0. The predicted octanol–water partition coefficient (Wildman–Crippen LogP) is 4.28. The fourth-order valence-electron chi connectivity index (χ4n) is 8.96. The lowest BCUT2D eigenvalue weighted by atomic mass is 9.43. The fourth-order valence-corrected chi connectivity index (χ4v) is 9.50. The molecule has 0 aliphatic heterocycles. The van der Waals surface area contributed by atoms with Crippen molar-refractivity contribution in [1.82, 2.24) is 0 Å². The van der Waals surface area contributed by atoms with E-state index >= 15 is 0 Å². The summed E-state index contributed by atoms with van der Waals surface area (Å²) in [6.45, 7) is 7.14. The molecule has 0 bridgehead atoms. The van der Waals surface area contributed by atoms with Crippen molar-refractivity contribution in [3.63, 3.8) is 0 Å². The van der Waals surface area contributed by atoms with Crippen molar-refractivity contribution in [3.05, 3.63) is 0 Å². The Labute approximate surface area is 182 Å². The van der Waals surface area contributed by atoms with Crippen LogP contribution in [0.4, 0.5) is 0 Å². The van der Waals surface area contributed by atoms with Gasteiger partial charge in [-0.3, -0.25) is 4.55 Å². The lowest BCUT2D eigenvalue weighted by molar-refractivity contribution is -0.174. The van der Waals surface area contributed by atoms with E-state index in [2.05, 4.69) is 20.8 Å². The molecular weight excluding hydrogens is 400 g/mol. The molecule has 174 valence electrons. The maximum atomic E-state index is 11.3. The molecule has 30 heavy (non-hydrogen) atoms. The molecule has 3 N–H and O–H groups in total. The second-order valence-electron chi connectivity index (χ2n) is 11.9. The standard InChI is InChI=1S/C24H42O5S/c1-15(5-4-12-30(27,28)29)18-6-7-19-22-20(9-11-24(18,19)3)23(2)10-8-17(25)13-16(23)14-21(22)26/h15-22,25-26H,4-14H2,1-3H3,(H,27,28,29)/t15-,16?,17-,18?,19?,20?,21-,22?,23+,24-/m1/s1. The molecule has 0 aromatic rings. The van der Waals surface area contributed by atoms with Crippen molar-refractivity contribution in [1.29, 1.82) is 0 Å². The first-order valence-corrected chi connectivity index (χ1v) is 13.9. The number of hydrogen-bond donors (Lipinski definition) is 3. The summed E-state index contributed by atoms with van der Waals surface area (Å²) in [6, 6.07) is 0. The molecule has 4 aliphatic carbocycles.